The number of nitrogens with zero attached hydrogens (tertiary/aromatic N) is 1. The van der Waals surface area contributed by atoms with E-state index in [1.807, 2.05) is 0 Å². The summed E-state index contributed by atoms with van der Waals surface area (Å²) in [6.07, 6.45) is 7.92. The summed E-state index contributed by atoms with van der Waals surface area (Å²) < 4.78 is 5.61. The van der Waals surface area contributed by atoms with Gasteiger partial charge in [0.15, 0.2) is 0 Å². The van der Waals surface area contributed by atoms with E-state index in [4.69, 9.17) is 4.74 Å². The maximum absolute atomic E-state index is 5.61. The molecule has 3 heteroatoms. The second kappa shape index (κ2) is 6.27. The zero-order valence-electron chi connectivity index (χ0n) is 13.4. The Morgan fingerprint density at radius 1 is 1.24 bits per heavy atom. The fourth-order valence-electron chi connectivity index (χ4n) is 4.03. The number of hydrogen-bond acceptors (Lipinski definition) is 3. The van der Waals surface area contributed by atoms with Crippen molar-refractivity contribution in [2.24, 2.45) is 0 Å². The Bertz CT molecular complexity index is 468. The molecular weight excluding hydrogens is 260 g/mol. The van der Waals surface area contributed by atoms with Crippen molar-refractivity contribution in [3.8, 4) is 5.75 Å². The number of benzene rings is 1. The number of rotatable bonds is 3. The molecule has 1 spiro atoms. The first-order valence-corrected chi connectivity index (χ1v) is 8.43. The van der Waals surface area contributed by atoms with Crippen LogP contribution in [0.15, 0.2) is 24.3 Å². The van der Waals surface area contributed by atoms with Gasteiger partial charge in [-0.05, 0) is 31.4 Å². The van der Waals surface area contributed by atoms with Crippen LogP contribution in [0.2, 0.25) is 0 Å². The summed E-state index contributed by atoms with van der Waals surface area (Å²) in [6, 6.07) is 9.04. The molecule has 1 aliphatic carbocycles. The number of ether oxygens (including phenoxy) is 1. The third-order valence-corrected chi connectivity index (χ3v) is 5.30. The van der Waals surface area contributed by atoms with Gasteiger partial charge in [0.1, 0.15) is 5.75 Å². The second-order valence-electron chi connectivity index (χ2n) is 6.58. The first kappa shape index (κ1) is 14.7. The smallest absolute Gasteiger partial charge is 0.142 e. The number of anilines is 1. The topological polar surface area (TPSA) is 24.5 Å². The van der Waals surface area contributed by atoms with Crippen molar-refractivity contribution < 1.29 is 4.74 Å². The molecule has 1 saturated heterocycles. The van der Waals surface area contributed by atoms with E-state index in [9.17, 15) is 0 Å². The van der Waals surface area contributed by atoms with Crippen LogP contribution >= 0.6 is 0 Å². The molecule has 1 N–H and O–H groups in total. The Balaban J connectivity index is 1.88. The Morgan fingerprint density at radius 3 is 2.71 bits per heavy atom. The lowest BCUT2D eigenvalue weighted by Gasteiger charge is -2.50. The van der Waals surface area contributed by atoms with Crippen molar-refractivity contribution >= 4 is 5.69 Å². The van der Waals surface area contributed by atoms with Gasteiger partial charge < -0.3 is 15.0 Å². The van der Waals surface area contributed by atoms with Gasteiger partial charge in [0, 0.05) is 24.7 Å². The number of methoxy groups -OCH3 is 1. The molecule has 116 valence electrons. The fourth-order valence-corrected chi connectivity index (χ4v) is 4.03. The lowest BCUT2D eigenvalue weighted by molar-refractivity contribution is 0.195. The largest absolute Gasteiger partial charge is 0.495 e. The molecule has 1 aliphatic heterocycles. The maximum atomic E-state index is 5.61. The minimum Gasteiger partial charge on any atom is -0.495 e. The summed E-state index contributed by atoms with van der Waals surface area (Å²) in [5, 5.41) is 3.89. The molecule has 0 radical (unpaired) electrons. The van der Waals surface area contributed by atoms with Crippen molar-refractivity contribution in [1.29, 1.82) is 0 Å². The minimum atomic E-state index is 0.324. The average molecular weight is 288 g/mol. The van der Waals surface area contributed by atoms with E-state index in [2.05, 4.69) is 41.4 Å². The van der Waals surface area contributed by atoms with Gasteiger partial charge >= 0.3 is 0 Å². The average Bonchev–Trinajstić information content (AvgIpc) is 2.55. The molecule has 1 aromatic rings. The molecule has 2 fully saturated rings. The van der Waals surface area contributed by atoms with Crippen LogP contribution in [0.3, 0.4) is 0 Å². The third-order valence-electron chi connectivity index (χ3n) is 5.30. The molecule has 1 aromatic carbocycles. The van der Waals surface area contributed by atoms with Crippen LogP contribution in [0.25, 0.3) is 0 Å². The van der Waals surface area contributed by atoms with Crippen LogP contribution < -0.4 is 15.0 Å². The predicted octanol–water partition coefficient (Wildman–Crippen LogP) is 3.59. The Labute approximate surface area is 128 Å². The van der Waals surface area contributed by atoms with Crippen LogP contribution in [0.1, 0.15) is 45.4 Å². The Morgan fingerprint density at radius 2 is 2.00 bits per heavy atom. The second-order valence-corrected chi connectivity index (χ2v) is 6.58. The monoisotopic (exact) mass is 288 g/mol. The quantitative estimate of drug-likeness (QED) is 0.920. The van der Waals surface area contributed by atoms with E-state index in [0.717, 1.165) is 18.8 Å². The number of nitrogens with one attached hydrogen (secondary N) is 1. The van der Waals surface area contributed by atoms with Gasteiger partial charge in [0.25, 0.3) is 0 Å². The lowest BCUT2D eigenvalue weighted by atomic mass is 9.79. The third kappa shape index (κ3) is 2.89. The van der Waals surface area contributed by atoms with Crippen LogP contribution in [-0.2, 0) is 0 Å². The molecule has 21 heavy (non-hydrogen) atoms. The Kier molecular flexibility index (Phi) is 4.39. The lowest BCUT2D eigenvalue weighted by Crippen LogP contribution is -2.65. The molecule has 3 nitrogen and oxygen atoms in total. The molecule has 0 bridgehead atoms. The van der Waals surface area contributed by atoms with Gasteiger partial charge in [-0.2, -0.15) is 0 Å². The van der Waals surface area contributed by atoms with Gasteiger partial charge in [0.2, 0.25) is 0 Å². The van der Waals surface area contributed by atoms with Gasteiger partial charge in [-0.15, -0.1) is 0 Å². The highest BCUT2D eigenvalue weighted by Gasteiger charge is 2.40. The van der Waals surface area contributed by atoms with Crippen molar-refractivity contribution in [1.82, 2.24) is 5.32 Å². The summed E-state index contributed by atoms with van der Waals surface area (Å²) in [5.41, 5.74) is 1.59. The van der Waals surface area contributed by atoms with Gasteiger partial charge in [-0.3, -0.25) is 0 Å². The number of piperazine rings is 1. The van der Waals surface area contributed by atoms with E-state index in [1.54, 1.807) is 7.11 Å². The molecule has 1 saturated carbocycles. The normalized spacial score (nSPS) is 25.0. The number of hydrogen-bond donors (Lipinski definition) is 1. The first-order valence-electron chi connectivity index (χ1n) is 8.43. The van der Waals surface area contributed by atoms with E-state index < -0.39 is 0 Å². The summed E-state index contributed by atoms with van der Waals surface area (Å²) in [6.45, 7) is 4.49. The van der Waals surface area contributed by atoms with E-state index in [0.29, 0.717) is 11.6 Å². The predicted molar refractivity (Wildman–Crippen MR) is 88.2 cm³/mol. The van der Waals surface area contributed by atoms with Crippen molar-refractivity contribution in [3.63, 3.8) is 0 Å². The first-order chi connectivity index (χ1) is 10.3. The summed E-state index contributed by atoms with van der Waals surface area (Å²) in [5.74, 6) is 1.00. The SMILES string of the molecule is CCC1CNC2(CCCCC2)CN1c1ccccc1OC. The van der Waals surface area contributed by atoms with Gasteiger partial charge in [-0.1, -0.05) is 38.3 Å². The zero-order chi connectivity index (χ0) is 14.7. The minimum absolute atomic E-state index is 0.324. The molecule has 1 atom stereocenters. The van der Waals surface area contributed by atoms with Crippen LogP contribution in [-0.4, -0.2) is 31.8 Å². The highest BCUT2D eigenvalue weighted by Crippen LogP contribution is 2.37. The summed E-state index contributed by atoms with van der Waals surface area (Å²) >= 11 is 0. The van der Waals surface area contributed by atoms with Crippen molar-refractivity contribution in [2.75, 3.05) is 25.1 Å². The molecule has 3 rings (SSSR count). The van der Waals surface area contributed by atoms with Crippen molar-refractivity contribution in [2.45, 2.75) is 57.0 Å². The Hall–Kier alpha value is -1.22. The number of para-hydroxylation sites is 2. The molecule has 2 aliphatic rings. The zero-order valence-corrected chi connectivity index (χ0v) is 13.4. The van der Waals surface area contributed by atoms with Crippen LogP contribution in [0, 0.1) is 0 Å². The fraction of sp³-hybridized carbons (Fsp3) is 0.667. The van der Waals surface area contributed by atoms with E-state index in [1.165, 1.54) is 44.2 Å². The highest BCUT2D eigenvalue weighted by atomic mass is 16.5. The maximum Gasteiger partial charge on any atom is 0.142 e. The van der Waals surface area contributed by atoms with Crippen molar-refractivity contribution in [3.05, 3.63) is 24.3 Å². The van der Waals surface area contributed by atoms with Gasteiger partial charge in [0.05, 0.1) is 12.8 Å². The van der Waals surface area contributed by atoms with E-state index in [-0.39, 0.29) is 0 Å². The molecule has 1 unspecified atom stereocenters. The van der Waals surface area contributed by atoms with Gasteiger partial charge in [-0.25, -0.2) is 0 Å². The molecular formula is C18H28N2O. The molecule has 1 heterocycles. The molecule has 0 aromatic heterocycles. The summed E-state index contributed by atoms with van der Waals surface area (Å²) in [4.78, 5) is 2.60. The van der Waals surface area contributed by atoms with Crippen LogP contribution in [0.4, 0.5) is 5.69 Å². The highest BCUT2D eigenvalue weighted by molar-refractivity contribution is 5.60. The standard InChI is InChI=1S/C18H28N2O/c1-3-15-13-19-18(11-7-4-8-12-18)14-20(15)16-9-5-6-10-17(16)21-2/h5-6,9-10,15,19H,3-4,7-8,11-14H2,1-2H3. The summed E-state index contributed by atoms with van der Waals surface area (Å²) in [7, 11) is 1.78. The molecule has 0 amide bonds. The van der Waals surface area contributed by atoms with E-state index >= 15 is 0 Å². The van der Waals surface area contributed by atoms with Crippen LogP contribution in [0.5, 0.6) is 5.75 Å².